The number of benzene rings is 1. The zero-order valence-corrected chi connectivity index (χ0v) is 11.3. The highest BCUT2D eigenvalue weighted by Crippen LogP contribution is 2.17. The van der Waals surface area contributed by atoms with Gasteiger partial charge in [-0.25, -0.2) is 4.79 Å². The average molecular weight is 273 g/mol. The maximum Gasteiger partial charge on any atom is 0.340 e. The van der Waals surface area contributed by atoms with Gasteiger partial charge in [0.1, 0.15) is 0 Å². The molecule has 2 aromatic rings. The highest BCUT2D eigenvalue weighted by atomic mass is 16.5. The first-order chi connectivity index (χ1) is 9.61. The topological polar surface area (TPSA) is 84.1 Å². The van der Waals surface area contributed by atoms with Crippen molar-refractivity contribution in [3.63, 3.8) is 0 Å². The van der Waals surface area contributed by atoms with Gasteiger partial charge in [0.05, 0.1) is 17.9 Å². The molecule has 1 aromatic heterocycles. The molecule has 2 rings (SSSR count). The molecule has 1 amide bonds. The van der Waals surface area contributed by atoms with Crippen LogP contribution in [0.2, 0.25) is 0 Å². The van der Waals surface area contributed by atoms with Crippen LogP contribution in [0.3, 0.4) is 0 Å². The van der Waals surface area contributed by atoms with Gasteiger partial charge in [0.25, 0.3) is 5.91 Å². The molecule has 0 saturated heterocycles. The largest absolute Gasteiger partial charge is 0.462 e. The number of carbonyl (C=O) groups excluding carboxylic acids is 2. The number of aromatic nitrogens is 2. The molecule has 104 valence electrons. The van der Waals surface area contributed by atoms with E-state index in [2.05, 4.69) is 15.5 Å². The summed E-state index contributed by atoms with van der Waals surface area (Å²) in [4.78, 5) is 23.8. The van der Waals surface area contributed by atoms with Crippen molar-refractivity contribution in [2.24, 2.45) is 0 Å². The number of anilines is 1. The zero-order valence-electron chi connectivity index (χ0n) is 11.3. The average Bonchev–Trinajstić information content (AvgIpc) is 2.86. The van der Waals surface area contributed by atoms with Gasteiger partial charge in [-0.3, -0.25) is 9.89 Å². The van der Waals surface area contributed by atoms with E-state index in [4.69, 9.17) is 4.74 Å². The van der Waals surface area contributed by atoms with Crippen molar-refractivity contribution >= 4 is 17.6 Å². The summed E-state index contributed by atoms with van der Waals surface area (Å²) < 4.78 is 4.95. The van der Waals surface area contributed by atoms with Crippen LogP contribution in [0.1, 0.15) is 33.5 Å². The smallest absolute Gasteiger partial charge is 0.340 e. The monoisotopic (exact) mass is 273 g/mol. The first-order valence-corrected chi connectivity index (χ1v) is 6.21. The SMILES string of the molecule is CCOC(=O)c1ccccc1NC(=O)c1cc(C)[nH]n1. The normalized spacial score (nSPS) is 10.1. The predicted molar refractivity (Wildman–Crippen MR) is 73.7 cm³/mol. The highest BCUT2D eigenvalue weighted by molar-refractivity contribution is 6.07. The summed E-state index contributed by atoms with van der Waals surface area (Å²) in [5.74, 6) is -0.854. The molecule has 0 aliphatic heterocycles. The van der Waals surface area contributed by atoms with Gasteiger partial charge >= 0.3 is 5.97 Å². The van der Waals surface area contributed by atoms with Gasteiger partial charge in [0.2, 0.25) is 0 Å². The molecule has 0 bridgehead atoms. The minimum Gasteiger partial charge on any atom is -0.462 e. The lowest BCUT2D eigenvalue weighted by molar-refractivity contribution is 0.0527. The van der Waals surface area contributed by atoms with E-state index >= 15 is 0 Å². The van der Waals surface area contributed by atoms with Crippen molar-refractivity contribution in [1.29, 1.82) is 0 Å². The van der Waals surface area contributed by atoms with Gasteiger partial charge in [-0.2, -0.15) is 5.10 Å². The van der Waals surface area contributed by atoms with Crippen molar-refractivity contribution < 1.29 is 14.3 Å². The Morgan fingerprint density at radius 2 is 2.10 bits per heavy atom. The molecule has 0 aliphatic rings. The number of para-hydroxylation sites is 1. The van der Waals surface area contributed by atoms with E-state index in [0.717, 1.165) is 5.69 Å². The Hall–Kier alpha value is -2.63. The lowest BCUT2D eigenvalue weighted by Crippen LogP contribution is -2.16. The third-order valence-electron chi connectivity index (χ3n) is 2.61. The summed E-state index contributed by atoms with van der Waals surface area (Å²) in [5.41, 5.74) is 1.77. The summed E-state index contributed by atoms with van der Waals surface area (Å²) in [7, 11) is 0. The standard InChI is InChI=1S/C14H15N3O3/c1-3-20-14(19)10-6-4-5-7-11(10)15-13(18)12-8-9(2)16-17-12/h4-8H,3H2,1-2H3,(H,15,18)(H,16,17). The minimum absolute atomic E-state index is 0.265. The van der Waals surface area contributed by atoms with E-state index in [1.54, 1.807) is 44.2 Å². The van der Waals surface area contributed by atoms with E-state index in [9.17, 15) is 9.59 Å². The van der Waals surface area contributed by atoms with Gasteiger partial charge in [0, 0.05) is 5.69 Å². The third-order valence-corrected chi connectivity index (χ3v) is 2.61. The Kier molecular flexibility index (Phi) is 4.14. The molecule has 0 spiro atoms. The molecule has 0 unspecified atom stereocenters. The Morgan fingerprint density at radius 3 is 2.75 bits per heavy atom. The van der Waals surface area contributed by atoms with Crippen LogP contribution in [0.15, 0.2) is 30.3 Å². The van der Waals surface area contributed by atoms with Crippen LogP contribution in [0.5, 0.6) is 0 Å². The van der Waals surface area contributed by atoms with Crippen molar-refractivity contribution in [2.45, 2.75) is 13.8 Å². The first-order valence-electron chi connectivity index (χ1n) is 6.21. The first kappa shape index (κ1) is 13.8. The van der Waals surface area contributed by atoms with Crippen LogP contribution in [0.4, 0.5) is 5.69 Å². The molecule has 0 fully saturated rings. The number of nitrogens with one attached hydrogen (secondary N) is 2. The van der Waals surface area contributed by atoms with Crippen molar-refractivity contribution in [1.82, 2.24) is 10.2 Å². The Morgan fingerprint density at radius 1 is 1.35 bits per heavy atom. The second-order valence-corrected chi connectivity index (χ2v) is 4.16. The summed E-state index contributed by atoms with van der Waals surface area (Å²) in [6, 6.07) is 8.31. The van der Waals surface area contributed by atoms with Crippen LogP contribution in [-0.4, -0.2) is 28.7 Å². The van der Waals surface area contributed by atoms with E-state index in [1.165, 1.54) is 0 Å². The van der Waals surface area contributed by atoms with Crippen LogP contribution in [-0.2, 0) is 4.74 Å². The van der Waals surface area contributed by atoms with Crippen molar-refractivity contribution in [2.75, 3.05) is 11.9 Å². The predicted octanol–water partition coefficient (Wildman–Crippen LogP) is 2.15. The molecule has 20 heavy (non-hydrogen) atoms. The van der Waals surface area contributed by atoms with E-state index in [1.807, 2.05) is 0 Å². The molecule has 2 N–H and O–H groups in total. The fourth-order valence-corrected chi connectivity index (χ4v) is 1.70. The maximum atomic E-state index is 12.0. The highest BCUT2D eigenvalue weighted by Gasteiger charge is 2.15. The van der Waals surface area contributed by atoms with Crippen molar-refractivity contribution in [3.8, 4) is 0 Å². The number of ether oxygens (including phenoxy) is 1. The molecule has 6 heteroatoms. The number of hydrogen-bond acceptors (Lipinski definition) is 4. The fourth-order valence-electron chi connectivity index (χ4n) is 1.70. The lowest BCUT2D eigenvalue weighted by atomic mass is 10.1. The van der Waals surface area contributed by atoms with E-state index in [0.29, 0.717) is 11.3 Å². The van der Waals surface area contributed by atoms with Gasteiger partial charge in [-0.05, 0) is 32.0 Å². The number of aromatic amines is 1. The Bertz CT molecular complexity index is 634. The van der Waals surface area contributed by atoms with Crippen molar-refractivity contribution in [3.05, 3.63) is 47.3 Å². The second-order valence-electron chi connectivity index (χ2n) is 4.16. The molecular weight excluding hydrogens is 258 g/mol. The Labute approximate surface area is 116 Å². The molecule has 6 nitrogen and oxygen atoms in total. The second kappa shape index (κ2) is 6.01. The lowest BCUT2D eigenvalue weighted by Gasteiger charge is -2.09. The molecule has 0 radical (unpaired) electrons. The van der Waals surface area contributed by atoms with Crippen LogP contribution in [0, 0.1) is 6.92 Å². The van der Waals surface area contributed by atoms with Gasteiger partial charge in [-0.15, -0.1) is 0 Å². The van der Waals surface area contributed by atoms with Gasteiger partial charge in [0.15, 0.2) is 5.69 Å². The molecule has 0 aliphatic carbocycles. The number of aryl methyl sites for hydroxylation is 1. The number of carbonyl (C=O) groups is 2. The van der Waals surface area contributed by atoms with Crippen LogP contribution in [0.25, 0.3) is 0 Å². The molecule has 0 saturated carbocycles. The summed E-state index contributed by atoms with van der Waals surface area (Å²) in [5, 5.41) is 9.22. The van der Waals surface area contributed by atoms with E-state index in [-0.39, 0.29) is 18.2 Å². The Balaban J connectivity index is 2.21. The van der Waals surface area contributed by atoms with Gasteiger partial charge < -0.3 is 10.1 Å². The molecule has 1 aromatic carbocycles. The number of amides is 1. The van der Waals surface area contributed by atoms with Gasteiger partial charge in [-0.1, -0.05) is 12.1 Å². The van der Waals surface area contributed by atoms with E-state index < -0.39 is 5.97 Å². The van der Waals surface area contributed by atoms with Crippen LogP contribution < -0.4 is 5.32 Å². The summed E-state index contributed by atoms with van der Waals surface area (Å²) >= 11 is 0. The number of nitrogens with zero attached hydrogens (tertiary/aromatic N) is 1. The molecule has 0 atom stereocenters. The minimum atomic E-state index is -0.471. The summed E-state index contributed by atoms with van der Waals surface area (Å²) in [6.07, 6.45) is 0. The number of rotatable bonds is 4. The maximum absolute atomic E-state index is 12.0. The number of esters is 1. The van der Waals surface area contributed by atoms with Crippen LogP contribution >= 0.6 is 0 Å². The number of hydrogen-bond donors (Lipinski definition) is 2. The fraction of sp³-hybridized carbons (Fsp3) is 0.214. The summed E-state index contributed by atoms with van der Waals surface area (Å²) in [6.45, 7) is 3.81. The zero-order chi connectivity index (χ0) is 14.5. The molecular formula is C14H15N3O3. The third kappa shape index (κ3) is 3.03. The molecule has 1 heterocycles. The number of H-pyrrole nitrogens is 1. The quantitative estimate of drug-likeness (QED) is 0.836.